The van der Waals surface area contributed by atoms with E-state index in [4.69, 9.17) is 0 Å². The van der Waals surface area contributed by atoms with Gasteiger partial charge in [0.2, 0.25) is 5.91 Å². The van der Waals surface area contributed by atoms with E-state index in [2.05, 4.69) is 17.1 Å². The molecule has 0 bridgehead atoms. The zero-order valence-electron chi connectivity index (χ0n) is 10.1. The molecule has 0 spiro atoms. The molecule has 2 heterocycles. The summed E-state index contributed by atoms with van der Waals surface area (Å²) in [5, 5.41) is 3.34. The van der Waals surface area contributed by atoms with Crippen molar-refractivity contribution in [2.75, 3.05) is 26.2 Å². The summed E-state index contributed by atoms with van der Waals surface area (Å²) in [6.07, 6.45) is 4.33. The Labute approximate surface area is 104 Å². The lowest BCUT2D eigenvalue weighted by Gasteiger charge is -2.24. The Bertz CT molecular complexity index is 229. The highest BCUT2D eigenvalue weighted by atomic mass is 35.5. The molecule has 94 valence electrons. The molecule has 2 aliphatic heterocycles. The van der Waals surface area contributed by atoms with Gasteiger partial charge in [-0.1, -0.05) is 6.92 Å². The summed E-state index contributed by atoms with van der Waals surface area (Å²) in [4.78, 5) is 14.0. The average Bonchev–Trinajstić information content (AvgIpc) is 2.66. The molecule has 0 aromatic rings. The van der Waals surface area contributed by atoms with Crippen molar-refractivity contribution in [3.8, 4) is 0 Å². The van der Waals surface area contributed by atoms with E-state index in [0.29, 0.717) is 17.7 Å². The maximum atomic E-state index is 12.0. The smallest absolute Gasteiger partial charge is 0.222 e. The van der Waals surface area contributed by atoms with Gasteiger partial charge in [0.15, 0.2) is 0 Å². The van der Waals surface area contributed by atoms with Gasteiger partial charge >= 0.3 is 0 Å². The number of piperidine rings is 1. The van der Waals surface area contributed by atoms with Gasteiger partial charge in [-0.3, -0.25) is 4.79 Å². The van der Waals surface area contributed by atoms with Gasteiger partial charge in [-0.15, -0.1) is 12.4 Å². The minimum absolute atomic E-state index is 0. The van der Waals surface area contributed by atoms with Crippen LogP contribution in [0.2, 0.25) is 0 Å². The van der Waals surface area contributed by atoms with Crippen LogP contribution in [-0.4, -0.2) is 37.0 Å². The highest BCUT2D eigenvalue weighted by Crippen LogP contribution is 2.21. The normalized spacial score (nSPS) is 26.6. The standard InChI is InChI=1S/C12H22N2O.ClH/c1-10-4-7-14(9-10)12(15)8-11-2-5-13-6-3-11;/h10-11,13H,2-9H2,1H3;1H. The van der Waals surface area contributed by atoms with E-state index in [1.165, 1.54) is 19.3 Å². The fraction of sp³-hybridized carbons (Fsp3) is 0.917. The van der Waals surface area contributed by atoms with Crippen molar-refractivity contribution in [3.05, 3.63) is 0 Å². The molecule has 4 heteroatoms. The Morgan fingerprint density at radius 2 is 2.00 bits per heavy atom. The second kappa shape index (κ2) is 6.45. The van der Waals surface area contributed by atoms with Crippen molar-refractivity contribution in [1.29, 1.82) is 0 Å². The lowest BCUT2D eigenvalue weighted by molar-refractivity contribution is -0.131. The molecule has 0 aromatic carbocycles. The van der Waals surface area contributed by atoms with Crippen LogP contribution in [0.3, 0.4) is 0 Å². The summed E-state index contributed by atoms with van der Waals surface area (Å²) in [6, 6.07) is 0. The molecule has 3 nitrogen and oxygen atoms in total. The van der Waals surface area contributed by atoms with E-state index in [1.54, 1.807) is 0 Å². The molecule has 0 aliphatic carbocycles. The number of nitrogens with zero attached hydrogens (tertiary/aromatic N) is 1. The summed E-state index contributed by atoms with van der Waals surface area (Å²) in [5.74, 6) is 1.74. The molecular formula is C12H23ClN2O. The Balaban J connectivity index is 0.00000128. The van der Waals surface area contributed by atoms with Gasteiger partial charge in [-0.25, -0.2) is 0 Å². The summed E-state index contributed by atoms with van der Waals surface area (Å²) < 4.78 is 0. The maximum absolute atomic E-state index is 12.0. The molecule has 1 atom stereocenters. The van der Waals surface area contributed by atoms with Gasteiger partial charge in [-0.2, -0.15) is 0 Å². The zero-order valence-corrected chi connectivity index (χ0v) is 10.9. The van der Waals surface area contributed by atoms with E-state index in [-0.39, 0.29) is 12.4 Å². The van der Waals surface area contributed by atoms with Crippen LogP contribution in [0.5, 0.6) is 0 Å². The topological polar surface area (TPSA) is 32.3 Å². The van der Waals surface area contributed by atoms with Crippen molar-refractivity contribution in [3.63, 3.8) is 0 Å². The van der Waals surface area contributed by atoms with Crippen molar-refractivity contribution in [1.82, 2.24) is 10.2 Å². The molecule has 2 saturated heterocycles. The second-order valence-electron chi connectivity index (χ2n) is 5.13. The number of rotatable bonds is 2. The molecule has 1 amide bonds. The highest BCUT2D eigenvalue weighted by Gasteiger charge is 2.25. The molecule has 2 aliphatic rings. The molecule has 1 N–H and O–H groups in total. The molecule has 0 saturated carbocycles. The van der Waals surface area contributed by atoms with Gasteiger partial charge in [0.1, 0.15) is 0 Å². The van der Waals surface area contributed by atoms with Crippen molar-refractivity contribution in [2.45, 2.75) is 32.6 Å². The van der Waals surface area contributed by atoms with E-state index >= 15 is 0 Å². The average molecular weight is 247 g/mol. The van der Waals surface area contributed by atoms with E-state index in [0.717, 1.165) is 32.6 Å². The lowest BCUT2D eigenvalue weighted by atomic mass is 9.94. The van der Waals surface area contributed by atoms with Crippen molar-refractivity contribution in [2.24, 2.45) is 11.8 Å². The van der Waals surface area contributed by atoms with E-state index in [9.17, 15) is 4.79 Å². The zero-order chi connectivity index (χ0) is 10.7. The number of halogens is 1. The van der Waals surface area contributed by atoms with Crippen molar-refractivity contribution < 1.29 is 4.79 Å². The first-order valence-corrected chi connectivity index (χ1v) is 6.24. The highest BCUT2D eigenvalue weighted by molar-refractivity contribution is 5.85. The van der Waals surface area contributed by atoms with Crippen LogP contribution < -0.4 is 5.32 Å². The Morgan fingerprint density at radius 1 is 1.31 bits per heavy atom. The molecule has 2 fully saturated rings. The predicted molar refractivity (Wildman–Crippen MR) is 67.8 cm³/mol. The van der Waals surface area contributed by atoms with Crippen molar-refractivity contribution >= 4 is 18.3 Å². The SMILES string of the molecule is CC1CCN(C(=O)CC2CCNCC2)C1.Cl. The fourth-order valence-electron chi connectivity index (χ4n) is 2.62. The summed E-state index contributed by atoms with van der Waals surface area (Å²) in [5.41, 5.74) is 0. The third kappa shape index (κ3) is 3.63. The van der Waals surface area contributed by atoms with Crippen LogP contribution in [-0.2, 0) is 4.79 Å². The summed E-state index contributed by atoms with van der Waals surface area (Å²) >= 11 is 0. The van der Waals surface area contributed by atoms with Gasteiger partial charge in [-0.05, 0) is 44.2 Å². The maximum Gasteiger partial charge on any atom is 0.222 e. The molecule has 16 heavy (non-hydrogen) atoms. The van der Waals surface area contributed by atoms with Crippen LogP contribution in [0.1, 0.15) is 32.6 Å². The monoisotopic (exact) mass is 246 g/mol. The number of nitrogens with one attached hydrogen (secondary N) is 1. The number of amides is 1. The predicted octanol–water partition coefficient (Wildman–Crippen LogP) is 1.67. The first kappa shape index (κ1) is 13.8. The number of hydrogen-bond acceptors (Lipinski definition) is 2. The van der Waals surface area contributed by atoms with Crippen LogP contribution in [0.4, 0.5) is 0 Å². The number of hydrogen-bond donors (Lipinski definition) is 1. The largest absolute Gasteiger partial charge is 0.342 e. The van der Waals surface area contributed by atoms with Crippen LogP contribution in [0, 0.1) is 11.8 Å². The second-order valence-corrected chi connectivity index (χ2v) is 5.13. The molecule has 1 unspecified atom stereocenters. The Kier molecular flexibility index (Phi) is 5.56. The molecule has 2 rings (SSSR count). The quantitative estimate of drug-likeness (QED) is 0.804. The first-order valence-electron chi connectivity index (χ1n) is 6.24. The van der Waals surface area contributed by atoms with Gasteiger partial charge < -0.3 is 10.2 Å². The number of likely N-dealkylation sites (tertiary alicyclic amines) is 1. The van der Waals surface area contributed by atoms with Crippen LogP contribution in [0.15, 0.2) is 0 Å². The van der Waals surface area contributed by atoms with Crippen LogP contribution >= 0.6 is 12.4 Å². The Morgan fingerprint density at radius 3 is 2.56 bits per heavy atom. The minimum Gasteiger partial charge on any atom is -0.342 e. The molecule has 0 aromatic heterocycles. The van der Waals surface area contributed by atoms with Gasteiger partial charge in [0.05, 0.1) is 0 Å². The minimum atomic E-state index is 0. The van der Waals surface area contributed by atoms with E-state index in [1.807, 2.05) is 0 Å². The molecule has 0 radical (unpaired) electrons. The third-order valence-corrected chi connectivity index (χ3v) is 3.70. The Hall–Kier alpha value is -0.280. The van der Waals surface area contributed by atoms with Gasteiger partial charge in [0, 0.05) is 19.5 Å². The molecular weight excluding hydrogens is 224 g/mol. The fourth-order valence-corrected chi connectivity index (χ4v) is 2.62. The third-order valence-electron chi connectivity index (χ3n) is 3.70. The number of carbonyl (C=O) groups excluding carboxylic acids is 1. The van der Waals surface area contributed by atoms with E-state index < -0.39 is 0 Å². The van der Waals surface area contributed by atoms with Gasteiger partial charge in [0.25, 0.3) is 0 Å². The summed E-state index contributed by atoms with van der Waals surface area (Å²) in [6.45, 7) is 6.40. The first-order chi connectivity index (χ1) is 7.25. The lowest BCUT2D eigenvalue weighted by Crippen LogP contribution is -2.34. The number of carbonyl (C=O) groups is 1. The summed E-state index contributed by atoms with van der Waals surface area (Å²) in [7, 11) is 0. The van der Waals surface area contributed by atoms with Crippen LogP contribution in [0.25, 0.3) is 0 Å².